The number of nitrogens with one attached hydrogen (secondary N) is 4. The summed E-state index contributed by atoms with van der Waals surface area (Å²) in [5.74, 6) is 2.59. The number of ether oxygens (including phenoxy) is 2. The Hall–Kier alpha value is -6.43. The van der Waals surface area contributed by atoms with Crippen molar-refractivity contribution < 1.29 is 14.3 Å². The highest BCUT2D eigenvalue weighted by Crippen LogP contribution is 2.35. The number of methoxy groups -OCH3 is 1. The van der Waals surface area contributed by atoms with Gasteiger partial charge in [0, 0.05) is 51.8 Å². The number of aromatic amines is 1. The number of H-pyrrole nitrogens is 1. The molecule has 0 aliphatic heterocycles. The Morgan fingerprint density at radius 3 is 2.50 bits per heavy atom. The molecule has 0 saturated heterocycles. The van der Waals surface area contributed by atoms with Crippen molar-refractivity contribution in [3.05, 3.63) is 109 Å². The zero-order chi connectivity index (χ0) is 33.3. The van der Waals surface area contributed by atoms with Crippen LogP contribution < -0.4 is 25.4 Å². The Bertz CT molecular complexity index is 2250. The van der Waals surface area contributed by atoms with E-state index in [1.807, 2.05) is 79.0 Å². The van der Waals surface area contributed by atoms with Gasteiger partial charge in [-0.1, -0.05) is 45.0 Å². The monoisotopic (exact) mass is 639 g/mol. The van der Waals surface area contributed by atoms with Crippen LogP contribution in [0, 0.1) is 0 Å². The molecule has 48 heavy (non-hydrogen) atoms. The first kappa shape index (κ1) is 30.2. The fourth-order valence-electron chi connectivity index (χ4n) is 5.22. The summed E-state index contributed by atoms with van der Waals surface area (Å²) in [5, 5.41) is 23.6. The molecule has 0 spiro atoms. The molecule has 0 unspecified atom stereocenters. The summed E-state index contributed by atoms with van der Waals surface area (Å²) in [5.41, 5.74) is 3.70. The third-order valence-electron chi connectivity index (χ3n) is 7.70. The number of carbonyl (C=O) groups is 1. The number of nitrogens with zero attached hydrogens (tertiary/aromatic N) is 5. The quantitative estimate of drug-likeness (QED) is 0.130. The average molecular weight is 640 g/mol. The Kier molecular flexibility index (Phi) is 7.81. The molecule has 4 aromatic carbocycles. The Morgan fingerprint density at radius 1 is 0.896 bits per heavy atom. The average Bonchev–Trinajstić information content (AvgIpc) is 3.73. The summed E-state index contributed by atoms with van der Waals surface area (Å²) in [4.78, 5) is 22.3. The molecule has 3 heterocycles. The van der Waals surface area contributed by atoms with Crippen LogP contribution in [0.15, 0.2) is 103 Å². The number of anilines is 4. The molecule has 0 saturated carbocycles. The van der Waals surface area contributed by atoms with Crippen LogP contribution in [0.1, 0.15) is 26.5 Å². The molecule has 0 radical (unpaired) electrons. The van der Waals surface area contributed by atoms with Gasteiger partial charge in [-0.3, -0.25) is 10.4 Å². The van der Waals surface area contributed by atoms with E-state index in [0.717, 1.165) is 44.5 Å². The molecular formula is C36H33N9O3. The van der Waals surface area contributed by atoms with E-state index in [-0.39, 0.29) is 5.41 Å². The smallest absolute Gasteiger partial charge is 0.324 e. The zero-order valence-corrected chi connectivity index (χ0v) is 26.8. The molecule has 3 aromatic heterocycles. The first-order chi connectivity index (χ1) is 23.2. The summed E-state index contributed by atoms with van der Waals surface area (Å²) >= 11 is 0. The molecule has 2 amide bonds. The number of hydrogen-bond acceptors (Lipinski definition) is 8. The maximum atomic E-state index is 13.4. The summed E-state index contributed by atoms with van der Waals surface area (Å²) in [6, 6.07) is 27.7. The number of fused-ring (bicyclic) bond motifs is 2. The number of carbonyl (C=O) groups excluding carboxylic acids is 1. The Labute approximate surface area is 276 Å². The van der Waals surface area contributed by atoms with Crippen LogP contribution in [0.5, 0.6) is 17.4 Å². The maximum absolute atomic E-state index is 13.4. The minimum atomic E-state index is -0.413. The van der Waals surface area contributed by atoms with Gasteiger partial charge in [0.1, 0.15) is 17.3 Å². The minimum absolute atomic E-state index is 0.230. The second kappa shape index (κ2) is 12.4. The third-order valence-corrected chi connectivity index (χ3v) is 7.70. The van der Waals surface area contributed by atoms with Gasteiger partial charge in [0.2, 0.25) is 11.8 Å². The highest BCUT2D eigenvalue weighted by molar-refractivity contribution is 6.07. The molecule has 0 bridgehead atoms. The molecule has 7 rings (SSSR count). The summed E-state index contributed by atoms with van der Waals surface area (Å²) in [6.07, 6.45) is 3.46. The van der Waals surface area contributed by atoms with Crippen molar-refractivity contribution in [2.45, 2.75) is 26.2 Å². The number of urea groups is 1. The Morgan fingerprint density at radius 2 is 1.71 bits per heavy atom. The van der Waals surface area contributed by atoms with Crippen LogP contribution >= 0.6 is 0 Å². The van der Waals surface area contributed by atoms with Gasteiger partial charge < -0.3 is 20.1 Å². The van der Waals surface area contributed by atoms with Gasteiger partial charge >= 0.3 is 6.03 Å². The molecule has 7 aromatic rings. The van der Waals surface area contributed by atoms with Crippen LogP contribution in [0.25, 0.3) is 27.4 Å². The summed E-state index contributed by atoms with van der Waals surface area (Å²) < 4.78 is 13.3. The maximum Gasteiger partial charge on any atom is 0.324 e. The van der Waals surface area contributed by atoms with E-state index in [2.05, 4.69) is 56.9 Å². The van der Waals surface area contributed by atoms with Crippen LogP contribution in [0.2, 0.25) is 0 Å². The summed E-state index contributed by atoms with van der Waals surface area (Å²) in [7, 11) is 1.62. The standard InChI is InChI=1S/C36H33N9O3/c1-36(2,3)31-20-32(45(44-31)24-10-12-25(47-4)13-11-24)41-35(46)40-29-15-16-30(27-8-6-5-7-26(27)29)48-33-17-18-37-34(42-33)39-23-9-14-28-22(19-23)21-38-43-28/h5-21H,1-4H3,(H,38,43)(H,37,39,42)(H2,40,41,46). The number of hydrogen-bond donors (Lipinski definition) is 4. The van der Waals surface area contributed by atoms with E-state index >= 15 is 0 Å². The van der Waals surface area contributed by atoms with E-state index in [4.69, 9.17) is 14.6 Å². The van der Waals surface area contributed by atoms with Crippen molar-refractivity contribution in [2.24, 2.45) is 0 Å². The summed E-state index contributed by atoms with van der Waals surface area (Å²) in [6.45, 7) is 6.23. The van der Waals surface area contributed by atoms with Crippen LogP contribution in [-0.4, -0.2) is 43.1 Å². The van der Waals surface area contributed by atoms with E-state index in [0.29, 0.717) is 29.1 Å². The largest absolute Gasteiger partial charge is 0.497 e. The lowest BCUT2D eigenvalue weighted by molar-refractivity contribution is 0.262. The molecule has 4 N–H and O–H groups in total. The molecule has 0 fully saturated rings. The van der Waals surface area contributed by atoms with Crippen molar-refractivity contribution in [3.8, 4) is 23.1 Å². The predicted molar refractivity (Wildman–Crippen MR) is 187 cm³/mol. The number of amides is 2. The minimum Gasteiger partial charge on any atom is -0.497 e. The van der Waals surface area contributed by atoms with Gasteiger partial charge in [-0.25, -0.2) is 14.5 Å². The lowest BCUT2D eigenvalue weighted by Crippen LogP contribution is -2.21. The second-order valence-corrected chi connectivity index (χ2v) is 12.1. The Balaban J connectivity index is 1.11. The number of aromatic nitrogens is 6. The molecule has 0 aliphatic carbocycles. The van der Waals surface area contributed by atoms with Crippen LogP contribution in [0.4, 0.5) is 27.9 Å². The first-order valence-electron chi connectivity index (χ1n) is 15.3. The molecule has 12 heteroatoms. The van der Waals surface area contributed by atoms with Gasteiger partial charge in [0.05, 0.1) is 29.7 Å². The normalized spacial score (nSPS) is 11.4. The van der Waals surface area contributed by atoms with E-state index in [1.54, 1.807) is 36.2 Å². The molecule has 0 aliphatic rings. The van der Waals surface area contributed by atoms with Gasteiger partial charge in [-0.15, -0.1) is 0 Å². The topological polar surface area (TPSA) is 144 Å². The number of benzene rings is 4. The predicted octanol–water partition coefficient (Wildman–Crippen LogP) is 8.18. The van der Waals surface area contributed by atoms with E-state index < -0.39 is 6.03 Å². The second-order valence-electron chi connectivity index (χ2n) is 12.1. The zero-order valence-electron chi connectivity index (χ0n) is 26.8. The van der Waals surface area contributed by atoms with Crippen LogP contribution in [-0.2, 0) is 5.41 Å². The van der Waals surface area contributed by atoms with E-state index in [1.165, 1.54) is 0 Å². The van der Waals surface area contributed by atoms with Crippen molar-refractivity contribution >= 4 is 50.8 Å². The van der Waals surface area contributed by atoms with Crippen molar-refractivity contribution in [2.75, 3.05) is 23.1 Å². The molecular weight excluding hydrogens is 606 g/mol. The van der Waals surface area contributed by atoms with Gasteiger partial charge in [0.25, 0.3) is 0 Å². The van der Waals surface area contributed by atoms with Gasteiger partial charge in [0.15, 0.2) is 0 Å². The van der Waals surface area contributed by atoms with Crippen molar-refractivity contribution in [1.82, 2.24) is 29.9 Å². The van der Waals surface area contributed by atoms with E-state index in [9.17, 15) is 4.79 Å². The molecule has 12 nitrogen and oxygen atoms in total. The highest BCUT2D eigenvalue weighted by atomic mass is 16.5. The number of rotatable bonds is 8. The third kappa shape index (κ3) is 6.31. The first-order valence-corrected chi connectivity index (χ1v) is 15.3. The lowest BCUT2D eigenvalue weighted by Gasteiger charge is -2.14. The van der Waals surface area contributed by atoms with Gasteiger partial charge in [-0.05, 0) is 54.6 Å². The van der Waals surface area contributed by atoms with Crippen molar-refractivity contribution in [1.29, 1.82) is 0 Å². The fourth-order valence-corrected chi connectivity index (χ4v) is 5.22. The van der Waals surface area contributed by atoms with Crippen LogP contribution in [0.3, 0.4) is 0 Å². The van der Waals surface area contributed by atoms with Crippen molar-refractivity contribution in [3.63, 3.8) is 0 Å². The molecule has 0 atom stereocenters. The molecule has 240 valence electrons. The lowest BCUT2D eigenvalue weighted by atomic mass is 9.92. The highest BCUT2D eigenvalue weighted by Gasteiger charge is 2.22. The fraction of sp³-hybridized carbons (Fsp3) is 0.139. The SMILES string of the molecule is COc1ccc(-n2nc(C(C)(C)C)cc2NC(=O)Nc2ccc(Oc3ccnc(Nc4ccc5n[nH]cc5c4)n3)c3ccccc23)cc1. The van der Waals surface area contributed by atoms with Gasteiger partial charge in [-0.2, -0.15) is 15.2 Å².